The van der Waals surface area contributed by atoms with Crippen LogP contribution in [0, 0.1) is 0 Å². The minimum absolute atomic E-state index is 1.17. The van der Waals surface area contributed by atoms with Crippen molar-refractivity contribution >= 4 is 54.4 Å². The van der Waals surface area contributed by atoms with E-state index in [2.05, 4.69) is 240 Å². The Morgan fingerprint density at radius 3 is 0.967 bits per heavy atom. The number of fused-ring (bicyclic) bond motifs is 7. The van der Waals surface area contributed by atoms with E-state index in [0.717, 1.165) is 0 Å². The summed E-state index contributed by atoms with van der Waals surface area (Å²) in [7, 11) is 0. The maximum absolute atomic E-state index is 2.37. The van der Waals surface area contributed by atoms with Gasteiger partial charge in [-0.15, -0.1) is 0 Å². The van der Waals surface area contributed by atoms with Gasteiger partial charge in [-0.2, -0.15) is 0 Å². The Labute approximate surface area is 348 Å². The molecule has 0 saturated heterocycles. The first kappa shape index (κ1) is 34.1. The van der Waals surface area contributed by atoms with Crippen molar-refractivity contribution in [3.8, 4) is 55.9 Å². The molecule has 280 valence electrons. The van der Waals surface area contributed by atoms with Crippen LogP contribution in [0.1, 0.15) is 0 Å². The van der Waals surface area contributed by atoms with E-state index in [1.54, 1.807) is 0 Å². The van der Waals surface area contributed by atoms with E-state index in [1.807, 2.05) is 0 Å². The van der Waals surface area contributed by atoms with Gasteiger partial charge in [0.2, 0.25) is 0 Å². The summed E-state index contributed by atoms with van der Waals surface area (Å²) in [6.07, 6.45) is 0. The Morgan fingerprint density at radius 1 is 0.200 bits per heavy atom. The van der Waals surface area contributed by atoms with Gasteiger partial charge in [-0.1, -0.05) is 170 Å². The van der Waals surface area contributed by atoms with Crippen LogP contribution in [-0.2, 0) is 0 Å². The summed E-state index contributed by atoms with van der Waals surface area (Å²) < 4.78 is 4.74. The number of para-hydroxylation sites is 4. The van der Waals surface area contributed by atoms with E-state index < -0.39 is 0 Å². The molecule has 0 aliphatic rings. The standard InChI is InChI=1S/C58H38N2/c1-3-13-45(14-4-1)59-55-23-9-7-17-51(55)53-37-43(33-35-57(53)59)39-25-29-41(30-26-39)47-19-11-22-50-48(20-12-21-49(47)50)42-31-27-40(28-32-42)44-34-36-58-54(38-44)52-18-8-10-24-56(52)60(58)46-15-5-2-6-16-46/h1-38H. The van der Waals surface area contributed by atoms with Crippen LogP contribution in [0.3, 0.4) is 0 Å². The molecule has 0 unspecified atom stereocenters. The molecule has 2 heterocycles. The van der Waals surface area contributed by atoms with Gasteiger partial charge < -0.3 is 9.13 Å². The number of hydrogen-bond donors (Lipinski definition) is 0. The molecule has 0 saturated carbocycles. The highest BCUT2D eigenvalue weighted by molar-refractivity contribution is 6.12. The zero-order chi connectivity index (χ0) is 39.6. The fourth-order valence-electron chi connectivity index (χ4n) is 9.51. The molecule has 2 heteroatoms. The second kappa shape index (κ2) is 13.9. The molecule has 2 aromatic heterocycles. The molecule has 60 heavy (non-hydrogen) atoms. The normalized spacial score (nSPS) is 11.7. The molecule has 0 radical (unpaired) electrons. The van der Waals surface area contributed by atoms with Crippen LogP contribution in [0.4, 0.5) is 0 Å². The molecule has 0 N–H and O–H groups in total. The molecular formula is C58H38N2. The smallest absolute Gasteiger partial charge is 0.0541 e. The summed E-state index contributed by atoms with van der Waals surface area (Å²) in [4.78, 5) is 0. The lowest BCUT2D eigenvalue weighted by Gasteiger charge is -2.13. The highest BCUT2D eigenvalue weighted by Gasteiger charge is 2.16. The van der Waals surface area contributed by atoms with Gasteiger partial charge in [0.05, 0.1) is 22.1 Å². The maximum atomic E-state index is 2.37. The first-order valence-corrected chi connectivity index (χ1v) is 20.7. The Kier molecular flexibility index (Phi) is 7.89. The van der Waals surface area contributed by atoms with Crippen molar-refractivity contribution in [2.24, 2.45) is 0 Å². The molecule has 12 rings (SSSR count). The number of aromatic nitrogens is 2. The molecule has 0 spiro atoms. The van der Waals surface area contributed by atoms with Gasteiger partial charge in [0.25, 0.3) is 0 Å². The zero-order valence-corrected chi connectivity index (χ0v) is 32.8. The third kappa shape index (κ3) is 5.50. The average Bonchev–Trinajstić information content (AvgIpc) is 3.84. The Balaban J connectivity index is 0.867. The fourth-order valence-corrected chi connectivity index (χ4v) is 9.51. The predicted octanol–water partition coefficient (Wildman–Crippen LogP) is 15.7. The predicted molar refractivity (Wildman–Crippen MR) is 254 cm³/mol. The van der Waals surface area contributed by atoms with Crippen molar-refractivity contribution < 1.29 is 0 Å². The summed E-state index contributed by atoms with van der Waals surface area (Å²) in [5, 5.41) is 7.56. The first-order chi connectivity index (χ1) is 29.8. The topological polar surface area (TPSA) is 9.86 Å². The number of hydrogen-bond acceptors (Lipinski definition) is 0. The summed E-state index contributed by atoms with van der Waals surface area (Å²) >= 11 is 0. The van der Waals surface area contributed by atoms with Crippen LogP contribution >= 0.6 is 0 Å². The fraction of sp³-hybridized carbons (Fsp3) is 0. The molecule has 0 amide bonds. The van der Waals surface area contributed by atoms with Crippen LogP contribution in [0.5, 0.6) is 0 Å². The third-order valence-corrected chi connectivity index (χ3v) is 12.4. The summed E-state index contributed by atoms with van der Waals surface area (Å²) in [5.74, 6) is 0. The van der Waals surface area contributed by atoms with Gasteiger partial charge in [-0.3, -0.25) is 0 Å². The van der Waals surface area contributed by atoms with Gasteiger partial charge in [0.1, 0.15) is 0 Å². The molecule has 0 atom stereocenters. The lowest BCUT2D eigenvalue weighted by atomic mass is 9.91. The van der Waals surface area contributed by atoms with Crippen LogP contribution in [0.15, 0.2) is 231 Å². The van der Waals surface area contributed by atoms with Crippen LogP contribution in [0.2, 0.25) is 0 Å². The lowest BCUT2D eigenvalue weighted by molar-refractivity contribution is 1.18. The van der Waals surface area contributed by atoms with E-state index in [-0.39, 0.29) is 0 Å². The molecule has 0 aliphatic carbocycles. The van der Waals surface area contributed by atoms with Gasteiger partial charge in [-0.05, 0) is 116 Å². The van der Waals surface area contributed by atoms with Gasteiger partial charge >= 0.3 is 0 Å². The minimum atomic E-state index is 1.17. The van der Waals surface area contributed by atoms with Crippen molar-refractivity contribution in [2.75, 3.05) is 0 Å². The number of benzene rings is 10. The largest absolute Gasteiger partial charge is 0.309 e. The Hall–Kier alpha value is -7.94. The SMILES string of the molecule is c1ccc(-n2c3ccccc3c3cc(-c4ccc(-c5cccc6c(-c7ccc(-c8ccc9c(c8)c8ccccc8n9-c8ccccc8)cc7)cccc56)cc4)ccc32)cc1. The van der Waals surface area contributed by atoms with Crippen LogP contribution < -0.4 is 0 Å². The maximum Gasteiger partial charge on any atom is 0.0541 e. The lowest BCUT2D eigenvalue weighted by Crippen LogP contribution is -1.92. The quantitative estimate of drug-likeness (QED) is 0.160. The van der Waals surface area contributed by atoms with E-state index in [9.17, 15) is 0 Å². The van der Waals surface area contributed by atoms with E-state index in [1.165, 1.54) is 110 Å². The van der Waals surface area contributed by atoms with Crippen LogP contribution in [0.25, 0.3) is 110 Å². The van der Waals surface area contributed by atoms with Crippen molar-refractivity contribution in [1.29, 1.82) is 0 Å². The molecule has 0 fully saturated rings. The molecule has 0 aliphatic heterocycles. The highest BCUT2D eigenvalue weighted by Crippen LogP contribution is 2.39. The van der Waals surface area contributed by atoms with Gasteiger partial charge in [0.15, 0.2) is 0 Å². The first-order valence-electron chi connectivity index (χ1n) is 20.7. The second-order valence-corrected chi connectivity index (χ2v) is 15.7. The van der Waals surface area contributed by atoms with Crippen LogP contribution in [-0.4, -0.2) is 9.13 Å². The summed E-state index contributed by atoms with van der Waals surface area (Å²) in [6, 6.07) is 84.1. The number of nitrogens with zero attached hydrogens (tertiary/aromatic N) is 2. The zero-order valence-electron chi connectivity index (χ0n) is 32.8. The monoisotopic (exact) mass is 762 g/mol. The van der Waals surface area contributed by atoms with Crippen molar-refractivity contribution in [3.63, 3.8) is 0 Å². The average molecular weight is 763 g/mol. The molecule has 2 nitrogen and oxygen atoms in total. The van der Waals surface area contributed by atoms with Crippen molar-refractivity contribution in [3.05, 3.63) is 231 Å². The van der Waals surface area contributed by atoms with Crippen molar-refractivity contribution in [1.82, 2.24) is 9.13 Å². The minimum Gasteiger partial charge on any atom is -0.309 e. The van der Waals surface area contributed by atoms with E-state index in [0.29, 0.717) is 0 Å². The Bertz CT molecular complexity index is 3310. The second-order valence-electron chi connectivity index (χ2n) is 15.7. The molecular weight excluding hydrogens is 725 g/mol. The third-order valence-electron chi connectivity index (χ3n) is 12.4. The van der Waals surface area contributed by atoms with E-state index in [4.69, 9.17) is 0 Å². The summed E-state index contributed by atoms with van der Waals surface area (Å²) in [5.41, 5.74) is 17.0. The molecule has 12 aromatic rings. The molecule has 10 aromatic carbocycles. The Morgan fingerprint density at radius 2 is 0.533 bits per heavy atom. The van der Waals surface area contributed by atoms with Gasteiger partial charge in [0, 0.05) is 32.9 Å². The number of rotatable bonds is 6. The molecule has 0 bridgehead atoms. The summed E-state index contributed by atoms with van der Waals surface area (Å²) in [6.45, 7) is 0. The van der Waals surface area contributed by atoms with E-state index >= 15 is 0 Å². The van der Waals surface area contributed by atoms with Crippen molar-refractivity contribution in [2.45, 2.75) is 0 Å². The highest BCUT2D eigenvalue weighted by atomic mass is 15.0. The van der Waals surface area contributed by atoms with Gasteiger partial charge in [-0.25, -0.2) is 0 Å².